The average Bonchev–Trinajstić information content (AvgIpc) is 2.82. The summed E-state index contributed by atoms with van der Waals surface area (Å²) in [7, 11) is 0. The number of hydrogen-bond donors (Lipinski definition) is 5. The molecule has 0 bridgehead atoms. The average molecular weight is 272 g/mol. The second-order valence-electron chi connectivity index (χ2n) is 4.69. The van der Waals surface area contributed by atoms with Gasteiger partial charge in [-0.3, -0.25) is 4.79 Å². The smallest absolute Gasteiger partial charge is 0.314 e. The Hall–Kier alpha value is -1.99. The van der Waals surface area contributed by atoms with Gasteiger partial charge in [-0.05, 0) is 12.8 Å². The van der Waals surface area contributed by atoms with Crippen LogP contribution in [0.3, 0.4) is 0 Å². The van der Waals surface area contributed by atoms with Crippen molar-refractivity contribution < 1.29 is 19.5 Å². The zero-order valence-electron chi connectivity index (χ0n) is 10.7. The number of aliphatic carboxylic acids is 1. The van der Waals surface area contributed by atoms with Crippen LogP contribution in [0.1, 0.15) is 25.7 Å². The Morgan fingerprint density at radius 2 is 1.63 bits per heavy atom. The molecular weight excluding hydrogens is 252 g/mol. The molecule has 0 atom stereocenters. The van der Waals surface area contributed by atoms with E-state index < -0.39 is 23.4 Å². The van der Waals surface area contributed by atoms with Gasteiger partial charge in [0.25, 0.3) is 0 Å². The summed E-state index contributed by atoms with van der Waals surface area (Å²) in [4.78, 5) is 33.1. The van der Waals surface area contributed by atoms with Gasteiger partial charge in [-0.2, -0.15) is 0 Å². The van der Waals surface area contributed by atoms with E-state index in [-0.39, 0.29) is 19.6 Å². The molecule has 0 saturated heterocycles. The number of nitrogens with one attached hydrogen (secondary N) is 3. The Morgan fingerprint density at radius 1 is 1.05 bits per heavy atom. The van der Waals surface area contributed by atoms with Gasteiger partial charge in [0.05, 0.1) is 5.41 Å². The quantitative estimate of drug-likeness (QED) is 0.420. The summed E-state index contributed by atoms with van der Waals surface area (Å²) in [6.45, 7) is 0.582. The van der Waals surface area contributed by atoms with E-state index in [1.54, 1.807) is 0 Å². The number of primary amides is 1. The van der Waals surface area contributed by atoms with E-state index in [1.165, 1.54) is 0 Å². The maximum atomic E-state index is 11.5. The first-order valence-electron chi connectivity index (χ1n) is 6.25. The zero-order chi connectivity index (χ0) is 14.3. The van der Waals surface area contributed by atoms with Crippen molar-refractivity contribution in [2.24, 2.45) is 11.1 Å². The van der Waals surface area contributed by atoms with Crippen LogP contribution in [0.2, 0.25) is 0 Å². The van der Waals surface area contributed by atoms with Crippen LogP contribution in [0, 0.1) is 5.41 Å². The molecule has 1 fully saturated rings. The summed E-state index contributed by atoms with van der Waals surface area (Å²) in [5.74, 6) is -0.860. The first kappa shape index (κ1) is 15.1. The molecule has 0 aromatic rings. The summed E-state index contributed by atoms with van der Waals surface area (Å²) in [6, 6.07) is -1.10. The number of carbonyl (C=O) groups excluding carboxylic acids is 2. The molecule has 1 saturated carbocycles. The molecular formula is C11H20N4O4. The lowest BCUT2D eigenvalue weighted by atomic mass is 9.86. The number of carboxylic acid groups (broad SMARTS) is 1. The summed E-state index contributed by atoms with van der Waals surface area (Å²) in [6.07, 6.45) is 2.92. The second-order valence-corrected chi connectivity index (χ2v) is 4.69. The lowest BCUT2D eigenvalue weighted by molar-refractivity contribution is -0.148. The van der Waals surface area contributed by atoms with E-state index in [4.69, 9.17) is 5.73 Å². The summed E-state index contributed by atoms with van der Waals surface area (Å²) in [5.41, 5.74) is 4.03. The van der Waals surface area contributed by atoms with Crippen molar-refractivity contribution in [3.63, 3.8) is 0 Å². The number of nitrogens with two attached hydrogens (primary N) is 1. The van der Waals surface area contributed by atoms with Gasteiger partial charge in [0.1, 0.15) is 0 Å². The van der Waals surface area contributed by atoms with Crippen molar-refractivity contribution in [1.82, 2.24) is 16.0 Å². The predicted octanol–water partition coefficient (Wildman–Crippen LogP) is -0.401. The normalized spacial score (nSPS) is 16.6. The van der Waals surface area contributed by atoms with Gasteiger partial charge in [0, 0.05) is 19.6 Å². The number of hydrogen-bond acceptors (Lipinski definition) is 3. The summed E-state index contributed by atoms with van der Waals surface area (Å²) in [5, 5.41) is 16.6. The van der Waals surface area contributed by atoms with E-state index >= 15 is 0 Å². The topological polar surface area (TPSA) is 134 Å². The van der Waals surface area contributed by atoms with E-state index in [0.29, 0.717) is 12.8 Å². The minimum Gasteiger partial charge on any atom is -0.481 e. The number of carboxylic acids is 1. The van der Waals surface area contributed by atoms with Gasteiger partial charge in [-0.25, -0.2) is 9.59 Å². The molecule has 8 heteroatoms. The third kappa shape index (κ3) is 4.65. The minimum atomic E-state index is -0.860. The first-order valence-corrected chi connectivity index (χ1v) is 6.25. The van der Waals surface area contributed by atoms with Crippen LogP contribution in [-0.2, 0) is 4.79 Å². The highest BCUT2D eigenvalue weighted by molar-refractivity contribution is 5.78. The Balaban J connectivity index is 2.25. The van der Waals surface area contributed by atoms with Crippen LogP contribution in [0.25, 0.3) is 0 Å². The van der Waals surface area contributed by atoms with Crippen molar-refractivity contribution in [3.8, 4) is 0 Å². The highest BCUT2D eigenvalue weighted by Crippen LogP contribution is 2.37. The molecule has 0 unspecified atom stereocenters. The van der Waals surface area contributed by atoms with Crippen molar-refractivity contribution in [3.05, 3.63) is 0 Å². The highest BCUT2D eigenvalue weighted by atomic mass is 16.4. The van der Waals surface area contributed by atoms with Crippen molar-refractivity contribution in [2.45, 2.75) is 25.7 Å². The van der Waals surface area contributed by atoms with E-state index in [2.05, 4.69) is 16.0 Å². The fraction of sp³-hybridized carbons (Fsp3) is 0.727. The number of carbonyl (C=O) groups is 3. The molecule has 0 aromatic carbocycles. The van der Waals surface area contributed by atoms with Gasteiger partial charge in [-0.1, -0.05) is 12.8 Å². The molecule has 0 spiro atoms. The predicted molar refractivity (Wildman–Crippen MR) is 67.5 cm³/mol. The zero-order valence-corrected chi connectivity index (χ0v) is 10.7. The third-order valence-corrected chi connectivity index (χ3v) is 3.31. The first-order chi connectivity index (χ1) is 8.96. The highest BCUT2D eigenvalue weighted by Gasteiger charge is 2.41. The van der Waals surface area contributed by atoms with E-state index in [1.807, 2.05) is 0 Å². The number of urea groups is 2. The molecule has 1 aliphatic rings. The molecule has 8 nitrogen and oxygen atoms in total. The standard InChI is InChI=1S/C11H20N4O4/c12-9(18)13-5-6-14-10(19)15-7-11(8(16)17)3-1-2-4-11/h1-7H2,(H,16,17)(H3,12,13,18)(H2,14,15,19). The third-order valence-electron chi connectivity index (χ3n) is 3.31. The van der Waals surface area contributed by atoms with Gasteiger partial charge >= 0.3 is 18.0 Å². The van der Waals surface area contributed by atoms with Crippen LogP contribution in [0.4, 0.5) is 9.59 Å². The fourth-order valence-corrected chi connectivity index (χ4v) is 2.19. The molecule has 4 amide bonds. The molecule has 0 aromatic heterocycles. The maximum Gasteiger partial charge on any atom is 0.314 e. The van der Waals surface area contributed by atoms with Crippen molar-refractivity contribution >= 4 is 18.0 Å². The lowest BCUT2D eigenvalue weighted by Crippen LogP contribution is -2.46. The Kier molecular flexibility index (Phi) is 5.40. The number of amides is 4. The molecule has 1 rings (SSSR count). The molecule has 0 radical (unpaired) electrons. The Bertz CT molecular complexity index is 353. The molecule has 0 heterocycles. The Labute approximate surface area is 111 Å². The lowest BCUT2D eigenvalue weighted by Gasteiger charge is -2.24. The van der Waals surface area contributed by atoms with Crippen LogP contribution < -0.4 is 21.7 Å². The van der Waals surface area contributed by atoms with Crippen LogP contribution in [0.5, 0.6) is 0 Å². The largest absolute Gasteiger partial charge is 0.481 e. The van der Waals surface area contributed by atoms with Crippen molar-refractivity contribution in [1.29, 1.82) is 0 Å². The summed E-state index contributed by atoms with van der Waals surface area (Å²) < 4.78 is 0. The van der Waals surface area contributed by atoms with Crippen LogP contribution in [-0.4, -0.2) is 42.8 Å². The number of rotatable bonds is 6. The molecule has 1 aliphatic carbocycles. The maximum absolute atomic E-state index is 11.5. The van der Waals surface area contributed by atoms with Gasteiger partial charge in [-0.15, -0.1) is 0 Å². The molecule has 108 valence electrons. The van der Waals surface area contributed by atoms with E-state index in [0.717, 1.165) is 12.8 Å². The van der Waals surface area contributed by atoms with E-state index in [9.17, 15) is 19.5 Å². The molecule has 19 heavy (non-hydrogen) atoms. The monoisotopic (exact) mass is 272 g/mol. The Morgan fingerprint density at radius 3 is 2.16 bits per heavy atom. The molecule has 0 aliphatic heterocycles. The van der Waals surface area contributed by atoms with Crippen LogP contribution in [0.15, 0.2) is 0 Å². The van der Waals surface area contributed by atoms with Crippen LogP contribution >= 0.6 is 0 Å². The summed E-state index contributed by atoms with van der Waals surface area (Å²) >= 11 is 0. The fourth-order valence-electron chi connectivity index (χ4n) is 2.19. The van der Waals surface area contributed by atoms with Crippen molar-refractivity contribution in [2.75, 3.05) is 19.6 Å². The van der Waals surface area contributed by atoms with Gasteiger partial charge < -0.3 is 26.8 Å². The van der Waals surface area contributed by atoms with Gasteiger partial charge in [0.15, 0.2) is 0 Å². The molecule has 6 N–H and O–H groups in total. The van der Waals surface area contributed by atoms with Gasteiger partial charge in [0.2, 0.25) is 0 Å². The second kappa shape index (κ2) is 6.81. The minimum absolute atomic E-state index is 0.122. The SMILES string of the molecule is NC(=O)NCCNC(=O)NCC1(C(=O)O)CCCC1.